The van der Waals surface area contributed by atoms with Crippen LogP contribution in [0.3, 0.4) is 0 Å². The molecule has 0 atom stereocenters. The Labute approximate surface area is 299 Å². The molecule has 0 bridgehead atoms. The summed E-state index contributed by atoms with van der Waals surface area (Å²) in [6, 6.07) is 69.0. The number of benzene rings is 8. The fraction of sp³-hybridized carbons (Fsp3) is 0.0400. The van der Waals surface area contributed by atoms with Crippen LogP contribution in [-0.2, 0) is 11.8 Å². The highest BCUT2D eigenvalue weighted by molar-refractivity contribution is 5.97. The second-order valence-electron chi connectivity index (χ2n) is 13.7. The van der Waals surface area contributed by atoms with E-state index in [9.17, 15) is 0 Å². The smallest absolute Gasteiger partial charge is 0.0647 e. The van der Waals surface area contributed by atoms with Gasteiger partial charge in [0.05, 0.1) is 5.41 Å². The van der Waals surface area contributed by atoms with Gasteiger partial charge in [0.1, 0.15) is 0 Å². The molecule has 1 heteroatoms. The van der Waals surface area contributed by atoms with Crippen LogP contribution in [-0.4, -0.2) is 0 Å². The number of hydrogen-bond donors (Lipinski definition) is 0. The molecule has 8 aromatic carbocycles. The maximum atomic E-state index is 2.46. The quantitative estimate of drug-likeness (QED) is 0.168. The van der Waals surface area contributed by atoms with Gasteiger partial charge >= 0.3 is 0 Å². The fourth-order valence-electron chi connectivity index (χ4n) is 8.59. The summed E-state index contributed by atoms with van der Waals surface area (Å²) in [5.41, 5.74) is 16.1. The topological polar surface area (TPSA) is 3.24 Å². The van der Waals surface area contributed by atoms with Gasteiger partial charge in [-0.25, -0.2) is 0 Å². The van der Waals surface area contributed by atoms with Gasteiger partial charge in [0.25, 0.3) is 0 Å². The van der Waals surface area contributed by atoms with Gasteiger partial charge in [0.15, 0.2) is 0 Å². The summed E-state index contributed by atoms with van der Waals surface area (Å²) < 4.78 is 0. The molecule has 51 heavy (non-hydrogen) atoms. The van der Waals surface area contributed by atoms with Crippen molar-refractivity contribution in [2.24, 2.45) is 0 Å². The molecular formula is C50H35N. The molecule has 2 aliphatic carbocycles. The predicted molar refractivity (Wildman–Crippen MR) is 214 cm³/mol. The first-order chi connectivity index (χ1) is 25.3. The van der Waals surface area contributed by atoms with Gasteiger partial charge in [-0.3, -0.25) is 0 Å². The van der Waals surface area contributed by atoms with E-state index in [4.69, 9.17) is 0 Å². The van der Waals surface area contributed by atoms with Gasteiger partial charge < -0.3 is 4.90 Å². The van der Waals surface area contributed by atoms with Crippen molar-refractivity contribution in [3.8, 4) is 33.4 Å². The van der Waals surface area contributed by atoms with E-state index in [2.05, 4.69) is 205 Å². The van der Waals surface area contributed by atoms with Crippen LogP contribution in [0.5, 0.6) is 0 Å². The van der Waals surface area contributed by atoms with Gasteiger partial charge in [-0.1, -0.05) is 164 Å². The molecule has 0 saturated heterocycles. The monoisotopic (exact) mass is 649 g/mol. The molecule has 0 saturated carbocycles. The van der Waals surface area contributed by atoms with Crippen LogP contribution >= 0.6 is 0 Å². The van der Waals surface area contributed by atoms with E-state index in [1.54, 1.807) is 0 Å². The molecule has 2 aliphatic rings. The molecule has 0 unspecified atom stereocenters. The van der Waals surface area contributed by atoms with Crippen molar-refractivity contribution in [2.75, 3.05) is 4.90 Å². The summed E-state index contributed by atoms with van der Waals surface area (Å²) in [7, 11) is 0. The Bertz CT molecular complexity index is 2540. The van der Waals surface area contributed by atoms with Gasteiger partial charge in [-0.2, -0.15) is 0 Å². The van der Waals surface area contributed by atoms with Crippen LogP contribution in [0, 0.1) is 0 Å². The van der Waals surface area contributed by atoms with E-state index in [0.29, 0.717) is 0 Å². The highest BCUT2D eigenvalue weighted by Gasteiger charge is 2.44. The molecular weight excluding hydrogens is 615 g/mol. The van der Waals surface area contributed by atoms with Crippen molar-refractivity contribution in [2.45, 2.75) is 11.8 Å². The fourth-order valence-corrected chi connectivity index (χ4v) is 8.59. The van der Waals surface area contributed by atoms with Crippen molar-refractivity contribution in [1.29, 1.82) is 0 Å². The summed E-state index contributed by atoms with van der Waals surface area (Å²) in [4.78, 5) is 2.42. The number of nitrogens with zero attached hydrogens (tertiary/aromatic N) is 1. The maximum absolute atomic E-state index is 2.46. The van der Waals surface area contributed by atoms with Crippen molar-refractivity contribution in [3.05, 3.63) is 222 Å². The zero-order valence-corrected chi connectivity index (χ0v) is 28.2. The lowest BCUT2D eigenvalue weighted by atomic mass is 9.68. The standard InChI is InChI=1S/C50H35N/c1-2-12-35(13-3-1)36-23-28-40(29-24-36)51(41-30-25-38(26-31-41)44-20-10-15-37-14-4-5-17-43(37)44)42-32-27-39-16-11-33-50(49(39)34-42)47-21-8-6-18-45(47)46-19-7-9-22-48(46)50/h1-15,17-34H,16H2. The first-order valence-corrected chi connectivity index (χ1v) is 17.8. The number of rotatable bonds is 5. The van der Waals surface area contributed by atoms with Gasteiger partial charge in [0, 0.05) is 17.1 Å². The van der Waals surface area contributed by atoms with Crippen LogP contribution in [0.25, 0.3) is 44.2 Å². The van der Waals surface area contributed by atoms with Crippen molar-refractivity contribution >= 4 is 27.8 Å². The van der Waals surface area contributed by atoms with Gasteiger partial charge in [-0.05, 0) is 109 Å². The lowest BCUT2D eigenvalue weighted by Crippen LogP contribution is -2.28. The van der Waals surface area contributed by atoms with Crippen LogP contribution in [0.4, 0.5) is 17.1 Å². The summed E-state index contributed by atoms with van der Waals surface area (Å²) in [6.45, 7) is 0. The minimum absolute atomic E-state index is 0.335. The van der Waals surface area contributed by atoms with Crippen LogP contribution in [0.15, 0.2) is 200 Å². The molecule has 240 valence electrons. The lowest BCUT2D eigenvalue weighted by molar-refractivity contribution is 0.770. The van der Waals surface area contributed by atoms with Crippen LogP contribution in [0.1, 0.15) is 22.3 Å². The summed E-state index contributed by atoms with van der Waals surface area (Å²) in [5.74, 6) is 0. The molecule has 0 amide bonds. The van der Waals surface area contributed by atoms with Crippen molar-refractivity contribution in [3.63, 3.8) is 0 Å². The Kier molecular flexibility index (Phi) is 6.85. The molecule has 0 heterocycles. The normalized spacial score (nSPS) is 13.5. The van der Waals surface area contributed by atoms with E-state index in [1.807, 2.05) is 0 Å². The Morgan fingerprint density at radius 2 is 0.941 bits per heavy atom. The third-order valence-corrected chi connectivity index (χ3v) is 10.9. The lowest BCUT2D eigenvalue weighted by Gasteiger charge is -2.36. The number of hydrogen-bond acceptors (Lipinski definition) is 1. The number of allylic oxidation sites excluding steroid dienone is 2. The summed E-state index contributed by atoms with van der Waals surface area (Å²) in [6.07, 6.45) is 5.75. The zero-order chi connectivity index (χ0) is 33.8. The SMILES string of the molecule is C1=CC2(c3cc(N(c4ccc(-c5ccccc5)cc4)c4ccc(-c5cccc6ccccc56)cc4)ccc3C1)c1ccccc1-c1ccccc12. The molecule has 10 rings (SSSR count). The number of fused-ring (bicyclic) bond motifs is 8. The van der Waals surface area contributed by atoms with Crippen molar-refractivity contribution < 1.29 is 0 Å². The van der Waals surface area contributed by atoms with E-state index >= 15 is 0 Å². The van der Waals surface area contributed by atoms with Crippen LogP contribution in [0.2, 0.25) is 0 Å². The molecule has 0 fully saturated rings. The summed E-state index contributed by atoms with van der Waals surface area (Å²) in [5, 5.41) is 2.53. The van der Waals surface area contributed by atoms with Crippen LogP contribution < -0.4 is 4.90 Å². The van der Waals surface area contributed by atoms with Crippen molar-refractivity contribution in [1.82, 2.24) is 0 Å². The van der Waals surface area contributed by atoms with Gasteiger partial charge in [0.2, 0.25) is 0 Å². The minimum atomic E-state index is -0.335. The highest BCUT2D eigenvalue weighted by atomic mass is 15.1. The third kappa shape index (κ3) is 4.70. The Hall–Kier alpha value is -6.44. The Balaban J connectivity index is 1.14. The molecule has 8 aromatic rings. The predicted octanol–water partition coefficient (Wildman–Crippen LogP) is 13.1. The Morgan fingerprint density at radius 1 is 0.392 bits per heavy atom. The molecule has 1 nitrogen and oxygen atoms in total. The van der Waals surface area contributed by atoms with Gasteiger partial charge in [-0.15, -0.1) is 0 Å². The Morgan fingerprint density at radius 3 is 1.67 bits per heavy atom. The van der Waals surface area contributed by atoms with E-state index in [-0.39, 0.29) is 5.41 Å². The molecule has 0 radical (unpaired) electrons. The summed E-state index contributed by atoms with van der Waals surface area (Å²) >= 11 is 0. The first kappa shape index (κ1) is 29.5. The second kappa shape index (κ2) is 11.9. The average Bonchev–Trinajstić information content (AvgIpc) is 3.48. The maximum Gasteiger partial charge on any atom is 0.0647 e. The molecule has 0 aromatic heterocycles. The molecule has 0 N–H and O–H groups in total. The van der Waals surface area contributed by atoms with E-state index < -0.39 is 0 Å². The minimum Gasteiger partial charge on any atom is -0.310 e. The second-order valence-corrected chi connectivity index (χ2v) is 13.7. The number of anilines is 3. The third-order valence-electron chi connectivity index (χ3n) is 10.9. The molecule has 0 aliphatic heterocycles. The highest BCUT2D eigenvalue weighted by Crippen LogP contribution is 2.56. The first-order valence-electron chi connectivity index (χ1n) is 17.8. The largest absolute Gasteiger partial charge is 0.310 e. The zero-order valence-electron chi connectivity index (χ0n) is 28.2. The average molecular weight is 650 g/mol. The van der Waals surface area contributed by atoms with E-state index in [1.165, 1.54) is 66.4 Å². The molecule has 1 spiro atoms. The van der Waals surface area contributed by atoms with E-state index in [0.717, 1.165) is 23.5 Å².